The molecule has 0 aliphatic heterocycles. The minimum atomic E-state index is -0.792. The Balaban J connectivity index is 4.36. The minimum Gasteiger partial charge on any atom is -0.462 e. The van der Waals surface area contributed by atoms with Crippen LogP contribution in [0.1, 0.15) is 252 Å². The smallest absolute Gasteiger partial charge is 0.306 e. The first-order chi connectivity index (χ1) is 33.0. The van der Waals surface area contributed by atoms with Crippen LogP contribution in [-0.4, -0.2) is 37.2 Å². The van der Waals surface area contributed by atoms with Gasteiger partial charge < -0.3 is 14.2 Å². The maximum Gasteiger partial charge on any atom is 0.306 e. The van der Waals surface area contributed by atoms with Crippen molar-refractivity contribution in [2.75, 3.05) is 13.2 Å². The van der Waals surface area contributed by atoms with Crippen molar-refractivity contribution in [1.29, 1.82) is 0 Å². The Labute approximate surface area is 413 Å². The summed E-state index contributed by atoms with van der Waals surface area (Å²) in [6, 6.07) is 0. The van der Waals surface area contributed by atoms with Crippen LogP contribution < -0.4 is 0 Å². The number of esters is 3. The molecule has 1 atom stereocenters. The predicted octanol–water partition coefficient (Wildman–Crippen LogP) is 18.5. The molecule has 0 amide bonds. The fourth-order valence-corrected chi connectivity index (χ4v) is 7.42. The largest absolute Gasteiger partial charge is 0.462 e. The molecule has 0 radical (unpaired) electrons. The molecule has 67 heavy (non-hydrogen) atoms. The third-order valence-electron chi connectivity index (χ3n) is 11.6. The topological polar surface area (TPSA) is 78.9 Å². The molecule has 0 aliphatic carbocycles. The molecule has 6 heteroatoms. The van der Waals surface area contributed by atoms with Crippen LogP contribution in [0.15, 0.2) is 97.2 Å². The molecule has 0 aromatic heterocycles. The van der Waals surface area contributed by atoms with Crippen molar-refractivity contribution in [2.24, 2.45) is 0 Å². The molecule has 0 rings (SSSR count). The van der Waals surface area contributed by atoms with Gasteiger partial charge in [0.05, 0.1) is 0 Å². The molecule has 0 N–H and O–H groups in total. The summed E-state index contributed by atoms with van der Waals surface area (Å²) in [4.78, 5) is 38.0. The van der Waals surface area contributed by atoms with E-state index in [2.05, 4.69) is 118 Å². The van der Waals surface area contributed by atoms with Gasteiger partial charge in [-0.05, 0) is 96.3 Å². The first-order valence-electron chi connectivity index (χ1n) is 27.7. The van der Waals surface area contributed by atoms with Gasteiger partial charge in [-0.2, -0.15) is 0 Å². The number of rotatable bonds is 49. The quantitative estimate of drug-likeness (QED) is 0.0262. The number of hydrogen-bond acceptors (Lipinski definition) is 6. The number of allylic oxidation sites excluding steroid dienone is 16. The van der Waals surface area contributed by atoms with Crippen LogP contribution in [0.25, 0.3) is 0 Å². The molecule has 0 aromatic rings. The van der Waals surface area contributed by atoms with Gasteiger partial charge in [0.15, 0.2) is 6.10 Å². The van der Waals surface area contributed by atoms with Gasteiger partial charge in [0, 0.05) is 19.3 Å². The van der Waals surface area contributed by atoms with Crippen molar-refractivity contribution in [3.05, 3.63) is 97.2 Å². The summed E-state index contributed by atoms with van der Waals surface area (Å²) < 4.78 is 16.8. The highest BCUT2D eigenvalue weighted by Gasteiger charge is 2.19. The number of carbonyl (C=O) groups excluding carboxylic acids is 3. The fraction of sp³-hybridized carbons (Fsp3) is 0.689. The van der Waals surface area contributed by atoms with Crippen molar-refractivity contribution >= 4 is 17.9 Å². The molecule has 1 unspecified atom stereocenters. The second-order valence-corrected chi connectivity index (χ2v) is 18.1. The maximum absolute atomic E-state index is 12.8. The Hall–Kier alpha value is -3.67. The lowest BCUT2D eigenvalue weighted by atomic mass is 10.0. The molecule has 382 valence electrons. The SMILES string of the molecule is CC/C=C\C/C=C\C/C=C\C/C=C\C/C=C\C/C=C\C/C=C\CCCCCC(=O)OCC(COC(=O)CCCCCCC/C=C\CCC)OC(=O)CCCCCCCCCCCCCCCC. The van der Waals surface area contributed by atoms with Crippen LogP contribution in [0.5, 0.6) is 0 Å². The first-order valence-corrected chi connectivity index (χ1v) is 27.7. The lowest BCUT2D eigenvalue weighted by molar-refractivity contribution is -0.167. The van der Waals surface area contributed by atoms with Gasteiger partial charge in [-0.1, -0.05) is 234 Å². The van der Waals surface area contributed by atoms with E-state index in [0.29, 0.717) is 19.3 Å². The Morgan fingerprint density at radius 3 is 1.00 bits per heavy atom. The molecule has 0 bridgehead atoms. The van der Waals surface area contributed by atoms with E-state index in [-0.39, 0.29) is 31.1 Å². The lowest BCUT2D eigenvalue weighted by Crippen LogP contribution is -2.30. The Morgan fingerprint density at radius 1 is 0.313 bits per heavy atom. The molecule has 0 aromatic carbocycles. The van der Waals surface area contributed by atoms with Crippen LogP contribution in [-0.2, 0) is 28.6 Å². The third kappa shape index (κ3) is 53.2. The summed E-state index contributed by atoms with van der Waals surface area (Å²) >= 11 is 0. The normalized spacial score (nSPS) is 12.8. The molecule has 0 saturated carbocycles. The van der Waals surface area contributed by atoms with Gasteiger partial charge in [-0.15, -0.1) is 0 Å². The standard InChI is InChI=1S/C61H102O6/c1-4-7-10-13-16-19-22-24-26-27-28-29-30-31-32-33-34-35-36-38-39-42-45-48-51-54-60(63)66-57-58(56-65-59(62)53-50-47-44-41-21-18-15-12-9-6-3)67-61(64)55-52-49-46-43-40-37-25-23-20-17-14-11-8-5-2/h7,10,12,15-16,19,24,26,28-29,31-32,34-35,38-39,58H,4-6,8-9,11,13-14,17-18,20-23,25,27,30,33,36-37,40-57H2,1-3H3/b10-7-,15-12-,19-16-,26-24-,29-28-,32-31-,35-34-,39-38-. The van der Waals surface area contributed by atoms with Gasteiger partial charge in [0.25, 0.3) is 0 Å². The predicted molar refractivity (Wildman–Crippen MR) is 288 cm³/mol. The third-order valence-corrected chi connectivity index (χ3v) is 11.6. The maximum atomic E-state index is 12.8. The fourth-order valence-electron chi connectivity index (χ4n) is 7.42. The average Bonchev–Trinajstić information content (AvgIpc) is 3.33. The first kappa shape index (κ1) is 63.3. The molecular formula is C61H102O6. The van der Waals surface area contributed by atoms with Crippen molar-refractivity contribution < 1.29 is 28.6 Å². The zero-order valence-electron chi connectivity index (χ0n) is 43.6. The molecule has 0 spiro atoms. The van der Waals surface area contributed by atoms with Crippen molar-refractivity contribution in [3.63, 3.8) is 0 Å². The Bertz CT molecular complexity index is 1350. The average molecular weight is 931 g/mol. The van der Waals surface area contributed by atoms with Gasteiger partial charge >= 0.3 is 17.9 Å². The number of carbonyl (C=O) groups is 3. The van der Waals surface area contributed by atoms with Crippen LogP contribution in [0.2, 0.25) is 0 Å². The van der Waals surface area contributed by atoms with Crippen molar-refractivity contribution in [2.45, 2.75) is 258 Å². The van der Waals surface area contributed by atoms with Gasteiger partial charge in [0.2, 0.25) is 0 Å². The van der Waals surface area contributed by atoms with E-state index in [1.807, 2.05) is 0 Å². The summed E-state index contributed by atoms with van der Waals surface area (Å²) in [6.45, 7) is 6.43. The Morgan fingerprint density at radius 2 is 0.612 bits per heavy atom. The van der Waals surface area contributed by atoms with Gasteiger partial charge in [0.1, 0.15) is 13.2 Å². The molecular weight excluding hydrogens is 829 g/mol. The highest BCUT2D eigenvalue weighted by atomic mass is 16.6. The molecule has 6 nitrogen and oxygen atoms in total. The zero-order chi connectivity index (χ0) is 48.6. The van der Waals surface area contributed by atoms with E-state index in [0.717, 1.165) is 128 Å². The second-order valence-electron chi connectivity index (χ2n) is 18.1. The number of unbranched alkanes of at least 4 members (excludes halogenated alkanes) is 22. The van der Waals surface area contributed by atoms with Crippen molar-refractivity contribution in [3.8, 4) is 0 Å². The lowest BCUT2D eigenvalue weighted by Gasteiger charge is -2.18. The van der Waals surface area contributed by atoms with Crippen LogP contribution in [0.4, 0.5) is 0 Å². The van der Waals surface area contributed by atoms with E-state index in [4.69, 9.17) is 14.2 Å². The number of ether oxygens (including phenoxy) is 3. The van der Waals surface area contributed by atoms with Crippen LogP contribution >= 0.6 is 0 Å². The van der Waals surface area contributed by atoms with Gasteiger partial charge in [-0.3, -0.25) is 14.4 Å². The molecule has 0 heterocycles. The van der Waals surface area contributed by atoms with E-state index < -0.39 is 6.10 Å². The van der Waals surface area contributed by atoms with Crippen LogP contribution in [0.3, 0.4) is 0 Å². The molecule has 0 aliphatic rings. The second kappa shape index (κ2) is 54.9. The summed E-state index contributed by atoms with van der Waals surface area (Å²) in [5.74, 6) is -0.934. The molecule has 0 fully saturated rings. The highest BCUT2D eigenvalue weighted by molar-refractivity contribution is 5.71. The summed E-state index contributed by atoms with van der Waals surface area (Å²) in [5.41, 5.74) is 0. The van der Waals surface area contributed by atoms with Gasteiger partial charge in [-0.25, -0.2) is 0 Å². The van der Waals surface area contributed by atoms with Crippen molar-refractivity contribution in [1.82, 2.24) is 0 Å². The highest BCUT2D eigenvalue weighted by Crippen LogP contribution is 2.15. The van der Waals surface area contributed by atoms with Crippen LogP contribution in [0, 0.1) is 0 Å². The zero-order valence-corrected chi connectivity index (χ0v) is 43.6. The summed E-state index contributed by atoms with van der Waals surface area (Å²) in [7, 11) is 0. The monoisotopic (exact) mass is 931 g/mol. The summed E-state index contributed by atoms with van der Waals surface area (Å²) in [6.07, 6.45) is 72.6. The van der Waals surface area contributed by atoms with E-state index in [9.17, 15) is 14.4 Å². The van der Waals surface area contributed by atoms with E-state index >= 15 is 0 Å². The van der Waals surface area contributed by atoms with E-state index in [1.54, 1.807) is 0 Å². The number of hydrogen-bond donors (Lipinski definition) is 0. The summed E-state index contributed by atoms with van der Waals surface area (Å²) in [5, 5.41) is 0. The van der Waals surface area contributed by atoms with E-state index in [1.165, 1.54) is 83.5 Å². The minimum absolute atomic E-state index is 0.0917. The Kier molecular flexibility index (Phi) is 51.9. The molecule has 0 saturated heterocycles.